The van der Waals surface area contributed by atoms with Gasteiger partial charge in [0.25, 0.3) is 0 Å². The second kappa shape index (κ2) is 7.31. The standard InChI is InChI=1S/C18H18O4/c1-3-5-13-6-11-16(12-17(13)19)22-15-9-7-14(8-10-15)18(20)21-4-2/h3,6-12,19H,1,4-5H2,2H3. The number of aromatic hydroxyl groups is 1. The Hall–Kier alpha value is -2.75. The Bertz CT molecular complexity index is 659. The first-order valence-corrected chi connectivity index (χ1v) is 7.02. The van der Waals surface area contributed by atoms with Gasteiger partial charge in [0.1, 0.15) is 17.2 Å². The van der Waals surface area contributed by atoms with E-state index in [4.69, 9.17) is 9.47 Å². The Kier molecular flexibility index (Phi) is 5.20. The molecule has 0 bridgehead atoms. The lowest BCUT2D eigenvalue weighted by Gasteiger charge is -2.09. The first-order valence-electron chi connectivity index (χ1n) is 7.02. The predicted octanol–water partition coefficient (Wildman–Crippen LogP) is 4.09. The molecule has 0 spiro atoms. The molecule has 0 saturated carbocycles. The number of hydrogen-bond acceptors (Lipinski definition) is 4. The molecule has 0 aliphatic heterocycles. The highest BCUT2D eigenvalue weighted by atomic mass is 16.5. The largest absolute Gasteiger partial charge is 0.508 e. The zero-order valence-electron chi connectivity index (χ0n) is 12.4. The third kappa shape index (κ3) is 3.88. The summed E-state index contributed by atoms with van der Waals surface area (Å²) in [7, 11) is 0. The molecule has 0 fully saturated rings. The third-order valence-corrected chi connectivity index (χ3v) is 3.02. The summed E-state index contributed by atoms with van der Waals surface area (Å²) in [5, 5.41) is 9.89. The number of carbonyl (C=O) groups is 1. The van der Waals surface area contributed by atoms with Crippen LogP contribution in [-0.2, 0) is 11.2 Å². The minimum absolute atomic E-state index is 0.167. The van der Waals surface area contributed by atoms with Gasteiger partial charge in [-0.3, -0.25) is 0 Å². The maximum absolute atomic E-state index is 11.6. The van der Waals surface area contributed by atoms with Crippen LogP contribution >= 0.6 is 0 Å². The maximum Gasteiger partial charge on any atom is 0.338 e. The van der Waals surface area contributed by atoms with E-state index < -0.39 is 0 Å². The van der Waals surface area contributed by atoms with E-state index in [-0.39, 0.29) is 11.7 Å². The van der Waals surface area contributed by atoms with Crippen molar-refractivity contribution < 1.29 is 19.4 Å². The molecule has 0 heterocycles. The van der Waals surface area contributed by atoms with E-state index in [0.717, 1.165) is 5.56 Å². The Morgan fingerprint density at radius 2 is 1.86 bits per heavy atom. The van der Waals surface area contributed by atoms with E-state index in [2.05, 4.69) is 6.58 Å². The lowest BCUT2D eigenvalue weighted by atomic mass is 10.1. The molecule has 2 aromatic carbocycles. The van der Waals surface area contributed by atoms with Gasteiger partial charge in [-0.1, -0.05) is 12.1 Å². The average molecular weight is 298 g/mol. The van der Waals surface area contributed by atoms with E-state index in [1.54, 1.807) is 55.5 Å². The molecule has 0 aliphatic rings. The lowest BCUT2D eigenvalue weighted by molar-refractivity contribution is 0.0526. The van der Waals surface area contributed by atoms with Gasteiger partial charge in [0.15, 0.2) is 0 Å². The normalized spacial score (nSPS) is 10.0. The predicted molar refractivity (Wildman–Crippen MR) is 84.5 cm³/mol. The van der Waals surface area contributed by atoms with Crippen molar-refractivity contribution in [3.05, 3.63) is 66.2 Å². The van der Waals surface area contributed by atoms with Gasteiger partial charge in [0.05, 0.1) is 12.2 Å². The van der Waals surface area contributed by atoms with Crippen molar-refractivity contribution in [1.82, 2.24) is 0 Å². The first kappa shape index (κ1) is 15.6. The van der Waals surface area contributed by atoms with Crippen molar-refractivity contribution in [2.24, 2.45) is 0 Å². The Labute approximate surface area is 129 Å². The molecule has 22 heavy (non-hydrogen) atoms. The summed E-state index contributed by atoms with van der Waals surface area (Å²) in [5.74, 6) is 0.902. The molecule has 0 unspecified atom stereocenters. The molecular weight excluding hydrogens is 280 g/mol. The van der Waals surface area contributed by atoms with Gasteiger partial charge in [-0.05, 0) is 49.2 Å². The van der Waals surface area contributed by atoms with Gasteiger partial charge in [0.2, 0.25) is 0 Å². The fourth-order valence-electron chi connectivity index (χ4n) is 1.94. The van der Waals surface area contributed by atoms with Crippen LogP contribution in [0.1, 0.15) is 22.8 Å². The maximum atomic E-state index is 11.6. The number of rotatable bonds is 6. The smallest absolute Gasteiger partial charge is 0.338 e. The average Bonchev–Trinajstić information content (AvgIpc) is 2.51. The van der Waals surface area contributed by atoms with Crippen LogP contribution in [0, 0.1) is 0 Å². The molecule has 114 valence electrons. The topological polar surface area (TPSA) is 55.8 Å². The molecule has 2 aromatic rings. The lowest BCUT2D eigenvalue weighted by Crippen LogP contribution is -2.03. The van der Waals surface area contributed by atoms with Crippen LogP contribution in [0.25, 0.3) is 0 Å². The molecular formula is C18H18O4. The van der Waals surface area contributed by atoms with E-state index in [1.165, 1.54) is 0 Å². The fraction of sp³-hybridized carbons (Fsp3) is 0.167. The zero-order valence-corrected chi connectivity index (χ0v) is 12.4. The van der Waals surface area contributed by atoms with E-state index in [9.17, 15) is 9.90 Å². The first-order chi connectivity index (χ1) is 10.6. The van der Waals surface area contributed by atoms with Crippen molar-refractivity contribution >= 4 is 5.97 Å². The molecule has 2 rings (SSSR count). The van der Waals surface area contributed by atoms with Crippen LogP contribution in [0.4, 0.5) is 0 Å². The minimum Gasteiger partial charge on any atom is -0.508 e. The summed E-state index contributed by atoms with van der Waals surface area (Å²) in [5.41, 5.74) is 1.26. The number of benzene rings is 2. The highest BCUT2D eigenvalue weighted by Crippen LogP contribution is 2.28. The summed E-state index contributed by atoms with van der Waals surface area (Å²) in [6.45, 7) is 5.75. The third-order valence-electron chi connectivity index (χ3n) is 3.02. The summed E-state index contributed by atoms with van der Waals surface area (Å²) >= 11 is 0. The molecule has 0 aliphatic carbocycles. The molecule has 4 heteroatoms. The molecule has 0 radical (unpaired) electrons. The van der Waals surface area contributed by atoms with Gasteiger partial charge in [-0.15, -0.1) is 6.58 Å². The Morgan fingerprint density at radius 1 is 1.18 bits per heavy atom. The van der Waals surface area contributed by atoms with Crippen LogP contribution in [0.5, 0.6) is 17.2 Å². The molecule has 4 nitrogen and oxygen atoms in total. The van der Waals surface area contributed by atoms with Gasteiger partial charge in [-0.25, -0.2) is 4.79 Å². The molecule has 0 atom stereocenters. The Balaban J connectivity index is 2.09. The number of esters is 1. The monoisotopic (exact) mass is 298 g/mol. The second-order valence-corrected chi connectivity index (χ2v) is 4.63. The molecule has 0 aromatic heterocycles. The summed E-state index contributed by atoms with van der Waals surface area (Å²) in [6.07, 6.45) is 2.32. The highest BCUT2D eigenvalue weighted by Gasteiger charge is 2.07. The molecule has 0 saturated heterocycles. The summed E-state index contributed by atoms with van der Waals surface area (Å²) in [6, 6.07) is 11.8. The molecule has 1 N–H and O–H groups in total. The van der Waals surface area contributed by atoms with Gasteiger partial charge < -0.3 is 14.6 Å². The van der Waals surface area contributed by atoms with Crippen molar-refractivity contribution in [2.75, 3.05) is 6.61 Å². The fourth-order valence-corrected chi connectivity index (χ4v) is 1.94. The minimum atomic E-state index is -0.361. The van der Waals surface area contributed by atoms with Crippen molar-refractivity contribution in [3.63, 3.8) is 0 Å². The van der Waals surface area contributed by atoms with Crippen LogP contribution in [-0.4, -0.2) is 17.7 Å². The highest BCUT2D eigenvalue weighted by molar-refractivity contribution is 5.89. The van der Waals surface area contributed by atoms with Crippen LogP contribution < -0.4 is 4.74 Å². The van der Waals surface area contributed by atoms with Crippen molar-refractivity contribution in [3.8, 4) is 17.2 Å². The number of phenolic OH excluding ortho intramolecular Hbond substituents is 1. The van der Waals surface area contributed by atoms with Gasteiger partial charge >= 0.3 is 5.97 Å². The molecule has 0 amide bonds. The summed E-state index contributed by atoms with van der Waals surface area (Å²) in [4.78, 5) is 11.6. The zero-order chi connectivity index (χ0) is 15.9. The van der Waals surface area contributed by atoms with E-state index >= 15 is 0 Å². The van der Waals surface area contributed by atoms with Crippen LogP contribution in [0.15, 0.2) is 55.1 Å². The number of phenols is 1. The van der Waals surface area contributed by atoms with E-state index in [1.807, 2.05) is 0 Å². The number of ether oxygens (including phenoxy) is 2. The number of hydrogen-bond donors (Lipinski definition) is 1. The van der Waals surface area contributed by atoms with E-state index in [0.29, 0.717) is 30.1 Å². The van der Waals surface area contributed by atoms with Crippen molar-refractivity contribution in [2.45, 2.75) is 13.3 Å². The Morgan fingerprint density at radius 3 is 2.45 bits per heavy atom. The summed E-state index contributed by atoms with van der Waals surface area (Å²) < 4.78 is 10.6. The number of allylic oxidation sites excluding steroid dienone is 1. The number of carbonyl (C=O) groups excluding carboxylic acids is 1. The van der Waals surface area contributed by atoms with Crippen LogP contribution in [0.2, 0.25) is 0 Å². The van der Waals surface area contributed by atoms with Gasteiger partial charge in [-0.2, -0.15) is 0 Å². The second-order valence-electron chi connectivity index (χ2n) is 4.63. The van der Waals surface area contributed by atoms with Crippen molar-refractivity contribution in [1.29, 1.82) is 0 Å². The quantitative estimate of drug-likeness (QED) is 0.644. The van der Waals surface area contributed by atoms with Crippen LogP contribution in [0.3, 0.4) is 0 Å². The SMILES string of the molecule is C=CCc1ccc(Oc2ccc(C(=O)OCC)cc2)cc1O. The van der Waals surface area contributed by atoms with Gasteiger partial charge in [0, 0.05) is 6.07 Å².